The van der Waals surface area contributed by atoms with Gasteiger partial charge in [-0.3, -0.25) is 14.9 Å². The maximum absolute atomic E-state index is 12.0. The molecule has 0 atom stereocenters. The number of hydrogen-bond acceptors (Lipinski definition) is 3. The highest BCUT2D eigenvalue weighted by Crippen LogP contribution is 2.15. The molecule has 0 saturated carbocycles. The molecule has 5 nitrogen and oxygen atoms in total. The summed E-state index contributed by atoms with van der Waals surface area (Å²) in [4.78, 5) is 16.2. The molecule has 2 aromatic heterocycles. The molecule has 2 heterocycles. The molecule has 3 rings (SSSR count). The van der Waals surface area contributed by atoms with Crippen LogP contribution < -0.4 is 5.32 Å². The predicted molar refractivity (Wildman–Crippen MR) is 76.2 cm³/mol. The number of carbonyl (C=O) groups excluding carboxylic acids is 1. The Labute approximate surface area is 115 Å². The number of hydrogen-bond donors (Lipinski definition) is 2. The number of nitrogens with zero attached hydrogens (tertiary/aromatic N) is 2. The van der Waals surface area contributed by atoms with Crippen molar-refractivity contribution >= 4 is 11.6 Å². The number of anilines is 1. The highest BCUT2D eigenvalue weighted by molar-refractivity contribution is 6.03. The maximum atomic E-state index is 12.0. The lowest BCUT2D eigenvalue weighted by Crippen LogP contribution is -2.12. The van der Waals surface area contributed by atoms with E-state index in [0.29, 0.717) is 11.4 Å². The summed E-state index contributed by atoms with van der Waals surface area (Å²) in [6.45, 7) is 0. The number of aromatic nitrogens is 3. The van der Waals surface area contributed by atoms with E-state index >= 15 is 0 Å². The van der Waals surface area contributed by atoms with Gasteiger partial charge in [0.1, 0.15) is 0 Å². The summed E-state index contributed by atoms with van der Waals surface area (Å²) in [7, 11) is 0. The van der Waals surface area contributed by atoms with Crippen molar-refractivity contribution in [3.8, 4) is 11.4 Å². The number of H-pyrrole nitrogens is 1. The lowest BCUT2D eigenvalue weighted by atomic mass is 10.2. The third kappa shape index (κ3) is 2.56. The molecule has 0 saturated heterocycles. The van der Waals surface area contributed by atoms with Gasteiger partial charge in [-0.05, 0) is 30.3 Å². The summed E-state index contributed by atoms with van der Waals surface area (Å²) in [5.41, 5.74) is 2.52. The molecule has 0 aliphatic carbocycles. The molecule has 0 aliphatic heterocycles. The fourth-order valence-electron chi connectivity index (χ4n) is 1.81. The smallest absolute Gasteiger partial charge is 0.276 e. The molecule has 1 aromatic carbocycles. The molecule has 0 radical (unpaired) electrons. The van der Waals surface area contributed by atoms with Crippen LogP contribution in [0.25, 0.3) is 11.4 Å². The average Bonchev–Trinajstić information content (AvgIpc) is 2.99. The van der Waals surface area contributed by atoms with E-state index in [-0.39, 0.29) is 5.91 Å². The van der Waals surface area contributed by atoms with Crippen LogP contribution in [0, 0.1) is 0 Å². The van der Waals surface area contributed by atoms with Crippen LogP contribution in [0.2, 0.25) is 0 Å². The van der Waals surface area contributed by atoms with Gasteiger partial charge in [0.2, 0.25) is 0 Å². The van der Waals surface area contributed by atoms with Crippen LogP contribution in [0.5, 0.6) is 0 Å². The molecule has 20 heavy (non-hydrogen) atoms. The number of nitrogens with one attached hydrogen (secondary N) is 2. The van der Waals surface area contributed by atoms with Gasteiger partial charge in [-0.15, -0.1) is 0 Å². The van der Waals surface area contributed by atoms with Gasteiger partial charge in [-0.1, -0.05) is 24.3 Å². The number of rotatable bonds is 3. The molecule has 0 unspecified atom stereocenters. The Kier molecular flexibility index (Phi) is 3.24. The maximum Gasteiger partial charge on any atom is 0.276 e. The second-order valence-electron chi connectivity index (χ2n) is 4.20. The normalized spacial score (nSPS) is 10.2. The van der Waals surface area contributed by atoms with Gasteiger partial charge >= 0.3 is 0 Å². The molecule has 5 heteroatoms. The van der Waals surface area contributed by atoms with Gasteiger partial charge < -0.3 is 5.32 Å². The average molecular weight is 264 g/mol. The number of benzene rings is 1. The summed E-state index contributed by atoms with van der Waals surface area (Å²) in [5, 5.41) is 9.61. The van der Waals surface area contributed by atoms with Crippen LogP contribution in [0.15, 0.2) is 60.8 Å². The zero-order chi connectivity index (χ0) is 13.8. The number of aromatic amines is 1. The molecule has 3 aromatic rings. The van der Waals surface area contributed by atoms with E-state index in [2.05, 4.69) is 20.5 Å². The van der Waals surface area contributed by atoms with Crippen LogP contribution in [-0.2, 0) is 0 Å². The van der Waals surface area contributed by atoms with E-state index in [0.717, 1.165) is 11.4 Å². The van der Waals surface area contributed by atoms with Crippen molar-refractivity contribution in [3.05, 3.63) is 66.5 Å². The van der Waals surface area contributed by atoms with Gasteiger partial charge in [0.15, 0.2) is 5.69 Å². The van der Waals surface area contributed by atoms with E-state index < -0.39 is 0 Å². The Bertz CT molecular complexity index is 707. The highest BCUT2D eigenvalue weighted by Gasteiger charge is 2.11. The van der Waals surface area contributed by atoms with E-state index in [1.54, 1.807) is 12.3 Å². The van der Waals surface area contributed by atoms with Gasteiger partial charge in [0.05, 0.1) is 11.4 Å². The Morgan fingerprint density at radius 2 is 1.85 bits per heavy atom. The van der Waals surface area contributed by atoms with E-state index in [4.69, 9.17) is 0 Å². The van der Waals surface area contributed by atoms with Crippen molar-refractivity contribution in [2.45, 2.75) is 0 Å². The standard InChI is InChI=1S/C15H12N4O/c20-15(17-11-6-2-1-3-7-11)14-10-13(18-19-14)12-8-4-5-9-16-12/h1-10H,(H,17,20)(H,18,19). The fourth-order valence-corrected chi connectivity index (χ4v) is 1.81. The van der Waals surface area contributed by atoms with Crippen molar-refractivity contribution in [2.75, 3.05) is 5.32 Å². The molecular formula is C15H12N4O. The SMILES string of the molecule is O=C(Nc1ccccc1)c1cc(-c2ccccn2)[nH]n1. The van der Waals surface area contributed by atoms with Crippen molar-refractivity contribution in [1.29, 1.82) is 0 Å². The molecule has 2 N–H and O–H groups in total. The Morgan fingerprint density at radius 1 is 1.05 bits per heavy atom. The minimum atomic E-state index is -0.255. The number of amides is 1. The van der Waals surface area contributed by atoms with Gasteiger partial charge in [-0.25, -0.2) is 0 Å². The summed E-state index contributed by atoms with van der Waals surface area (Å²) < 4.78 is 0. The second kappa shape index (κ2) is 5.36. The molecular weight excluding hydrogens is 252 g/mol. The first-order valence-electron chi connectivity index (χ1n) is 6.16. The monoisotopic (exact) mass is 264 g/mol. The summed E-state index contributed by atoms with van der Waals surface area (Å²) in [6.07, 6.45) is 1.69. The minimum absolute atomic E-state index is 0.255. The Balaban J connectivity index is 1.79. The number of pyridine rings is 1. The van der Waals surface area contributed by atoms with Crippen LogP contribution in [0.4, 0.5) is 5.69 Å². The molecule has 0 spiro atoms. The fraction of sp³-hybridized carbons (Fsp3) is 0. The predicted octanol–water partition coefficient (Wildman–Crippen LogP) is 2.72. The quantitative estimate of drug-likeness (QED) is 0.764. The Morgan fingerprint density at radius 3 is 2.60 bits per heavy atom. The van der Waals surface area contributed by atoms with E-state index in [9.17, 15) is 4.79 Å². The lowest BCUT2D eigenvalue weighted by Gasteiger charge is -2.01. The third-order valence-corrected chi connectivity index (χ3v) is 2.78. The number of carbonyl (C=O) groups is 1. The molecule has 0 fully saturated rings. The largest absolute Gasteiger partial charge is 0.321 e. The third-order valence-electron chi connectivity index (χ3n) is 2.78. The van der Waals surface area contributed by atoms with Crippen LogP contribution in [-0.4, -0.2) is 21.1 Å². The first kappa shape index (κ1) is 12.1. The molecule has 98 valence electrons. The summed E-state index contributed by atoms with van der Waals surface area (Å²) in [6, 6.07) is 16.5. The minimum Gasteiger partial charge on any atom is -0.321 e. The topological polar surface area (TPSA) is 70.7 Å². The Hall–Kier alpha value is -2.95. The molecule has 0 aliphatic rings. The lowest BCUT2D eigenvalue weighted by molar-refractivity contribution is 0.102. The summed E-state index contributed by atoms with van der Waals surface area (Å²) >= 11 is 0. The first-order chi connectivity index (χ1) is 9.83. The first-order valence-corrected chi connectivity index (χ1v) is 6.16. The van der Waals surface area contributed by atoms with Crippen LogP contribution in [0.3, 0.4) is 0 Å². The van der Waals surface area contributed by atoms with Crippen molar-refractivity contribution in [1.82, 2.24) is 15.2 Å². The van der Waals surface area contributed by atoms with Gasteiger partial charge in [-0.2, -0.15) is 5.10 Å². The van der Waals surface area contributed by atoms with Crippen molar-refractivity contribution in [3.63, 3.8) is 0 Å². The summed E-state index contributed by atoms with van der Waals surface area (Å²) in [5.74, 6) is -0.255. The van der Waals surface area contributed by atoms with Gasteiger partial charge in [0.25, 0.3) is 5.91 Å². The van der Waals surface area contributed by atoms with E-state index in [1.165, 1.54) is 0 Å². The highest BCUT2D eigenvalue weighted by atomic mass is 16.1. The molecule has 0 bridgehead atoms. The second-order valence-corrected chi connectivity index (χ2v) is 4.20. The van der Waals surface area contributed by atoms with Crippen LogP contribution >= 0.6 is 0 Å². The van der Waals surface area contributed by atoms with E-state index in [1.807, 2.05) is 48.5 Å². The number of para-hydroxylation sites is 1. The van der Waals surface area contributed by atoms with Crippen molar-refractivity contribution in [2.24, 2.45) is 0 Å². The zero-order valence-corrected chi connectivity index (χ0v) is 10.6. The zero-order valence-electron chi connectivity index (χ0n) is 10.6. The van der Waals surface area contributed by atoms with Gasteiger partial charge in [0, 0.05) is 11.9 Å². The van der Waals surface area contributed by atoms with Crippen LogP contribution in [0.1, 0.15) is 10.5 Å². The van der Waals surface area contributed by atoms with Crippen molar-refractivity contribution < 1.29 is 4.79 Å². The molecule has 1 amide bonds.